The minimum absolute atomic E-state index is 0.195. The number of hydrogen-bond acceptors (Lipinski definition) is 3. The number of aryl methyl sites for hydroxylation is 1. The van der Waals surface area contributed by atoms with Crippen molar-refractivity contribution in [1.29, 1.82) is 0 Å². The van der Waals surface area contributed by atoms with E-state index in [0.717, 1.165) is 16.8 Å². The largest absolute Gasteiger partial charge is 0.496 e. The molecular formula is C16H18N2O2. The van der Waals surface area contributed by atoms with Crippen LogP contribution in [0.2, 0.25) is 0 Å². The SMILES string of the molecule is COc1ccc(C)cc1C(=O)Nc1cccc(CN)c1. The first-order valence-electron chi connectivity index (χ1n) is 6.39. The molecule has 4 heteroatoms. The smallest absolute Gasteiger partial charge is 0.259 e. The highest BCUT2D eigenvalue weighted by atomic mass is 16.5. The lowest BCUT2D eigenvalue weighted by Crippen LogP contribution is -2.13. The van der Waals surface area contributed by atoms with E-state index in [4.69, 9.17) is 10.5 Å². The van der Waals surface area contributed by atoms with Crippen molar-refractivity contribution in [3.8, 4) is 5.75 Å². The topological polar surface area (TPSA) is 64.3 Å². The van der Waals surface area contributed by atoms with Gasteiger partial charge in [0, 0.05) is 12.2 Å². The maximum atomic E-state index is 12.3. The third-order valence-electron chi connectivity index (χ3n) is 3.02. The number of anilines is 1. The van der Waals surface area contributed by atoms with Gasteiger partial charge < -0.3 is 15.8 Å². The molecule has 0 saturated carbocycles. The van der Waals surface area contributed by atoms with Crippen LogP contribution in [0, 0.1) is 6.92 Å². The van der Waals surface area contributed by atoms with E-state index in [9.17, 15) is 4.79 Å². The van der Waals surface area contributed by atoms with Crippen molar-refractivity contribution in [2.24, 2.45) is 5.73 Å². The summed E-state index contributed by atoms with van der Waals surface area (Å²) in [4.78, 5) is 12.3. The van der Waals surface area contributed by atoms with E-state index in [0.29, 0.717) is 17.9 Å². The lowest BCUT2D eigenvalue weighted by atomic mass is 10.1. The van der Waals surface area contributed by atoms with Crippen molar-refractivity contribution in [2.75, 3.05) is 12.4 Å². The van der Waals surface area contributed by atoms with Crippen LogP contribution in [0.3, 0.4) is 0 Å². The van der Waals surface area contributed by atoms with Crippen molar-refractivity contribution >= 4 is 11.6 Å². The van der Waals surface area contributed by atoms with Gasteiger partial charge in [0.05, 0.1) is 12.7 Å². The Morgan fingerprint density at radius 1 is 1.25 bits per heavy atom. The minimum Gasteiger partial charge on any atom is -0.496 e. The molecule has 0 radical (unpaired) electrons. The van der Waals surface area contributed by atoms with E-state index in [-0.39, 0.29) is 5.91 Å². The van der Waals surface area contributed by atoms with Crippen molar-refractivity contribution in [3.63, 3.8) is 0 Å². The zero-order chi connectivity index (χ0) is 14.5. The fraction of sp³-hybridized carbons (Fsp3) is 0.188. The first-order chi connectivity index (χ1) is 9.63. The highest BCUT2D eigenvalue weighted by molar-refractivity contribution is 6.06. The van der Waals surface area contributed by atoms with E-state index in [2.05, 4.69) is 5.32 Å². The van der Waals surface area contributed by atoms with E-state index in [1.807, 2.05) is 37.3 Å². The van der Waals surface area contributed by atoms with Crippen molar-refractivity contribution in [3.05, 3.63) is 59.2 Å². The summed E-state index contributed by atoms with van der Waals surface area (Å²) in [6.07, 6.45) is 0. The molecule has 2 aromatic rings. The predicted octanol–water partition coefficient (Wildman–Crippen LogP) is 2.71. The van der Waals surface area contributed by atoms with Crippen molar-refractivity contribution < 1.29 is 9.53 Å². The monoisotopic (exact) mass is 270 g/mol. The molecule has 0 aliphatic carbocycles. The molecule has 1 amide bonds. The number of amides is 1. The number of methoxy groups -OCH3 is 1. The lowest BCUT2D eigenvalue weighted by Gasteiger charge is -2.10. The van der Waals surface area contributed by atoms with Gasteiger partial charge in [-0.05, 0) is 36.8 Å². The molecule has 0 heterocycles. The van der Waals surface area contributed by atoms with Gasteiger partial charge in [0.15, 0.2) is 0 Å². The summed E-state index contributed by atoms with van der Waals surface area (Å²) in [6.45, 7) is 2.38. The van der Waals surface area contributed by atoms with Crippen LogP contribution in [0.15, 0.2) is 42.5 Å². The van der Waals surface area contributed by atoms with Gasteiger partial charge in [-0.3, -0.25) is 4.79 Å². The first kappa shape index (κ1) is 14.1. The van der Waals surface area contributed by atoms with Gasteiger partial charge in [-0.1, -0.05) is 23.8 Å². The molecule has 0 fully saturated rings. The Bertz CT molecular complexity index is 624. The van der Waals surface area contributed by atoms with Crippen LogP contribution in [-0.4, -0.2) is 13.0 Å². The zero-order valence-corrected chi connectivity index (χ0v) is 11.6. The molecular weight excluding hydrogens is 252 g/mol. The summed E-state index contributed by atoms with van der Waals surface area (Å²) in [5.41, 5.74) is 8.81. The quantitative estimate of drug-likeness (QED) is 0.897. The molecule has 0 atom stereocenters. The average Bonchev–Trinajstić information content (AvgIpc) is 2.47. The lowest BCUT2D eigenvalue weighted by molar-refractivity contribution is 0.102. The summed E-state index contributed by atoms with van der Waals surface area (Å²) < 4.78 is 5.22. The van der Waals surface area contributed by atoms with Gasteiger partial charge in [0.2, 0.25) is 0 Å². The Balaban J connectivity index is 2.25. The van der Waals surface area contributed by atoms with Gasteiger partial charge in [-0.15, -0.1) is 0 Å². The van der Waals surface area contributed by atoms with Gasteiger partial charge in [-0.2, -0.15) is 0 Å². The highest BCUT2D eigenvalue weighted by Crippen LogP contribution is 2.21. The zero-order valence-electron chi connectivity index (χ0n) is 11.6. The maximum Gasteiger partial charge on any atom is 0.259 e. The third kappa shape index (κ3) is 3.16. The van der Waals surface area contributed by atoms with Crippen LogP contribution >= 0.6 is 0 Å². The van der Waals surface area contributed by atoms with E-state index in [1.54, 1.807) is 19.2 Å². The number of ether oxygens (including phenoxy) is 1. The number of rotatable bonds is 4. The second-order valence-electron chi connectivity index (χ2n) is 4.56. The Labute approximate surface area is 118 Å². The number of hydrogen-bond donors (Lipinski definition) is 2. The number of carbonyl (C=O) groups excluding carboxylic acids is 1. The first-order valence-corrected chi connectivity index (χ1v) is 6.39. The molecule has 2 aromatic carbocycles. The molecule has 0 aliphatic heterocycles. The van der Waals surface area contributed by atoms with Crippen LogP contribution in [0.5, 0.6) is 5.75 Å². The van der Waals surface area contributed by atoms with Crippen LogP contribution in [0.4, 0.5) is 5.69 Å². The predicted molar refractivity (Wildman–Crippen MR) is 80.0 cm³/mol. The maximum absolute atomic E-state index is 12.3. The summed E-state index contributed by atoms with van der Waals surface area (Å²) in [5.74, 6) is 0.364. The minimum atomic E-state index is -0.195. The van der Waals surface area contributed by atoms with E-state index >= 15 is 0 Å². The Kier molecular flexibility index (Phi) is 4.38. The number of carbonyl (C=O) groups is 1. The van der Waals surface area contributed by atoms with Crippen LogP contribution in [0.25, 0.3) is 0 Å². The second-order valence-corrected chi connectivity index (χ2v) is 4.56. The fourth-order valence-corrected chi connectivity index (χ4v) is 1.97. The van der Waals surface area contributed by atoms with Crippen LogP contribution in [0.1, 0.15) is 21.5 Å². The molecule has 0 bridgehead atoms. The summed E-state index contributed by atoms with van der Waals surface area (Å²) >= 11 is 0. The van der Waals surface area contributed by atoms with Crippen LogP contribution in [-0.2, 0) is 6.54 Å². The third-order valence-corrected chi connectivity index (χ3v) is 3.02. The standard InChI is InChI=1S/C16H18N2O2/c1-11-6-7-15(20-2)14(8-11)16(19)18-13-5-3-4-12(9-13)10-17/h3-9H,10,17H2,1-2H3,(H,18,19). The molecule has 4 nitrogen and oxygen atoms in total. The summed E-state index contributed by atoms with van der Waals surface area (Å²) in [6, 6.07) is 13.0. The van der Waals surface area contributed by atoms with Gasteiger partial charge in [-0.25, -0.2) is 0 Å². The Morgan fingerprint density at radius 3 is 2.75 bits per heavy atom. The van der Waals surface area contributed by atoms with Gasteiger partial charge in [0.25, 0.3) is 5.91 Å². The number of nitrogens with two attached hydrogens (primary N) is 1. The number of benzene rings is 2. The number of nitrogens with one attached hydrogen (secondary N) is 1. The van der Waals surface area contributed by atoms with E-state index in [1.165, 1.54) is 0 Å². The molecule has 104 valence electrons. The summed E-state index contributed by atoms with van der Waals surface area (Å²) in [7, 11) is 1.55. The molecule has 20 heavy (non-hydrogen) atoms. The Hall–Kier alpha value is -2.33. The van der Waals surface area contributed by atoms with E-state index < -0.39 is 0 Å². The second kappa shape index (κ2) is 6.21. The normalized spacial score (nSPS) is 10.2. The molecule has 0 aromatic heterocycles. The molecule has 0 aliphatic rings. The molecule has 2 rings (SSSR count). The summed E-state index contributed by atoms with van der Waals surface area (Å²) in [5, 5.41) is 2.86. The van der Waals surface area contributed by atoms with Crippen LogP contribution < -0.4 is 15.8 Å². The Morgan fingerprint density at radius 2 is 2.05 bits per heavy atom. The molecule has 0 spiro atoms. The fourth-order valence-electron chi connectivity index (χ4n) is 1.97. The molecule has 3 N–H and O–H groups in total. The average molecular weight is 270 g/mol. The highest BCUT2D eigenvalue weighted by Gasteiger charge is 2.12. The van der Waals surface area contributed by atoms with Crippen molar-refractivity contribution in [2.45, 2.75) is 13.5 Å². The van der Waals surface area contributed by atoms with Gasteiger partial charge in [0.1, 0.15) is 5.75 Å². The molecule has 0 unspecified atom stereocenters. The van der Waals surface area contributed by atoms with Crippen molar-refractivity contribution in [1.82, 2.24) is 0 Å². The van der Waals surface area contributed by atoms with Gasteiger partial charge >= 0.3 is 0 Å². The molecule has 0 saturated heterocycles.